The molecule has 7 nitrogen and oxygen atoms in total. The van der Waals surface area contributed by atoms with E-state index >= 15 is 0 Å². The first-order valence-electron chi connectivity index (χ1n) is 3.83. The van der Waals surface area contributed by atoms with E-state index in [2.05, 4.69) is 4.67 Å². The van der Waals surface area contributed by atoms with Crippen molar-refractivity contribution in [2.45, 2.75) is 6.16 Å². The van der Waals surface area contributed by atoms with Gasteiger partial charge in [0, 0.05) is 11.6 Å². The van der Waals surface area contributed by atoms with Crippen LogP contribution in [0.2, 0.25) is 0 Å². The van der Waals surface area contributed by atoms with Crippen LogP contribution in [0.1, 0.15) is 5.56 Å². The highest BCUT2D eigenvalue weighted by atomic mass is 31.2. The lowest BCUT2D eigenvalue weighted by Crippen LogP contribution is -1.97. The highest BCUT2D eigenvalue weighted by molar-refractivity contribution is 7.51. The summed E-state index contributed by atoms with van der Waals surface area (Å²) in [6, 6.07) is 5.44. The zero-order valence-corrected chi connectivity index (χ0v) is 8.33. The maximum Gasteiger partial charge on any atom is 0.359 e. The minimum Gasteiger partial charge on any atom is -0.323 e. The van der Waals surface area contributed by atoms with Crippen molar-refractivity contribution in [3.63, 3.8) is 0 Å². The van der Waals surface area contributed by atoms with Gasteiger partial charge in [-0.15, -0.1) is 0 Å². The monoisotopic (exact) mass is 233 g/mol. The summed E-state index contributed by atoms with van der Waals surface area (Å²) < 4.78 is 14.4. The molecule has 15 heavy (non-hydrogen) atoms. The maximum absolute atomic E-state index is 11.0. The number of hydrogen-bond donors (Lipinski definition) is 2. The van der Waals surface area contributed by atoms with Crippen LogP contribution in [0.3, 0.4) is 0 Å². The van der Waals surface area contributed by atoms with Crippen LogP contribution < -0.4 is 0 Å². The van der Waals surface area contributed by atoms with Crippen molar-refractivity contribution in [1.29, 1.82) is 0 Å². The lowest BCUT2D eigenvalue weighted by atomic mass is 10.2. The second-order valence-electron chi connectivity index (χ2n) is 2.76. The Morgan fingerprint density at radius 3 is 2.60 bits per heavy atom. The number of rotatable bonds is 4. The summed E-state index contributed by atoms with van der Waals surface area (Å²) in [5, 5.41) is 18.6. The number of nitro groups is 1. The fraction of sp³-hybridized carbons (Fsp3) is 0.143. The van der Waals surface area contributed by atoms with Gasteiger partial charge in [0.1, 0.15) is 0 Å². The zero-order valence-electron chi connectivity index (χ0n) is 7.44. The molecule has 0 saturated heterocycles. The Morgan fingerprint density at radius 2 is 2.07 bits per heavy atom. The van der Waals surface area contributed by atoms with Crippen LogP contribution in [0.5, 0.6) is 0 Å². The molecule has 0 amide bonds. The van der Waals surface area contributed by atoms with Crippen molar-refractivity contribution in [1.82, 2.24) is 0 Å². The van der Waals surface area contributed by atoms with Crippen molar-refractivity contribution < 1.29 is 24.3 Å². The van der Waals surface area contributed by atoms with E-state index in [0.29, 0.717) is 0 Å². The van der Waals surface area contributed by atoms with Gasteiger partial charge in [0.25, 0.3) is 5.69 Å². The van der Waals surface area contributed by atoms with Gasteiger partial charge in [0.05, 0.1) is 11.1 Å². The predicted molar refractivity (Wildman–Crippen MR) is 50.3 cm³/mol. The normalized spacial score (nSPS) is 14.5. The van der Waals surface area contributed by atoms with Crippen molar-refractivity contribution in [2.24, 2.45) is 0 Å². The van der Waals surface area contributed by atoms with Gasteiger partial charge in [-0.1, -0.05) is 18.2 Å². The van der Waals surface area contributed by atoms with E-state index in [1.807, 2.05) is 0 Å². The molecule has 1 aromatic rings. The molecular weight excluding hydrogens is 225 g/mol. The van der Waals surface area contributed by atoms with E-state index in [-0.39, 0.29) is 11.3 Å². The Hall–Kier alpha value is -1.27. The van der Waals surface area contributed by atoms with Gasteiger partial charge >= 0.3 is 7.60 Å². The molecule has 0 aromatic heterocycles. The summed E-state index contributed by atoms with van der Waals surface area (Å²) in [5.41, 5.74) is -0.258. The molecule has 0 heterocycles. The molecule has 2 N–H and O–H groups in total. The Bertz CT molecular complexity index is 420. The van der Waals surface area contributed by atoms with Crippen LogP contribution in [-0.4, -0.2) is 15.1 Å². The molecule has 1 atom stereocenters. The molecule has 1 aromatic carbocycles. The van der Waals surface area contributed by atoms with Gasteiger partial charge in [0.15, 0.2) is 0 Å². The van der Waals surface area contributed by atoms with Crippen molar-refractivity contribution in [3.8, 4) is 0 Å². The Labute approximate surface area is 84.5 Å². The number of nitrogens with zero attached hydrogens (tertiary/aromatic N) is 1. The van der Waals surface area contributed by atoms with Crippen LogP contribution in [0.25, 0.3) is 0 Å². The zero-order chi connectivity index (χ0) is 11.5. The number of para-hydroxylation sites is 1. The van der Waals surface area contributed by atoms with Crippen LogP contribution in [0, 0.1) is 10.1 Å². The molecule has 0 saturated carbocycles. The largest absolute Gasteiger partial charge is 0.359 e. The number of hydrogen-bond acceptors (Lipinski definition) is 5. The van der Waals surface area contributed by atoms with E-state index in [9.17, 15) is 14.7 Å². The molecule has 0 spiro atoms. The lowest BCUT2D eigenvalue weighted by Gasteiger charge is -2.06. The first kappa shape index (κ1) is 11.8. The number of benzene rings is 1. The van der Waals surface area contributed by atoms with Gasteiger partial charge in [-0.25, -0.2) is 5.26 Å². The van der Waals surface area contributed by atoms with Crippen molar-refractivity contribution >= 4 is 13.3 Å². The summed E-state index contributed by atoms with van der Waals surface area (Å²) in [6.07, 6.45) is -0.610. The average molecular weight is 233 g/mol. The van der Waals surface area contributed by atoms with E-state index in [1.165, 1.54) is 24.3 Å². The Morgan fingerprint density at radius 1 is 1.47 bits per heavy atom. The standard InChI is InChI=1S/C7H8NO6P/c9-8(10)7-4-2-1-3-6(7)5-15(12,13)14-11/h1-4,11H,5H2,(H,12,13). The molecule has 0 aliphatic rings. The number of nitro benzene ring substituents is 1. The molecule has 0 radical (unpaired) electrons. The van der Waals surface area contributed by atoms with Crippen LogP contribution in [0.4, 0.5) is 5.69 Å². The summed E-state index contributed by atoms with van der Waals surface area (Å²) >= 11 is 0. The first-order chi connectivity index (χ1) is 6.96. The fourth-order valence-electron chi connectivity index (χ4n) is 1.07. The fourth-order valence-corrected chi connectivity index (χ4v) is 1.82. The molecule has 1 rings (SSSR count). The molecular formula is C7H8NO6P. The first-order valence-corrected chi connectivity index (χ1v) is 5.60. The molecule has 82 valence electrons. The average Bonchev–Trinajstić information content (AvgIpc) is 2.18. The van der Waals surface area contributed by atoms with Crippen molar-refractivity contribution in [3.05, 3.63) is 39.9 Å². The quantitative estimate of drug-likeness (QED) is 0.355. The van der Waals surface area contributed by atoms with Crippen molar-refractivity contribution in [2.75, 3.05) is 0 Å². The maximum atomic E-state index is 11.0. The second kappa shape index (κ2) is 4.50. The summed E-state index contributed by atoms with van der Waals surface area (Å²) in [4.78, 5) is 18.8. The summed E-state index contributed by atoms with van der Waals surface area (Å²) in [5.74, 6) is 0. The predicted octanol–water partition coefficient (Wildman–Crippen LogP) is 1.77. The Kier molecular flexibility index (Phi) is 3.54. The van der Waals surface area contributed by atoms with Crippen LogP contribution in [-0.2, 0) is 15.4 Å². The van der Waals surface area contributed by atoms with Gasteiger partial charge in [-0.2, -0.15) is 4.67 Å². The van der Waals surface area contributed by atoms with Gasteiger partial charge < -0.3 is 4.89 Å². The van der Waals surface area contributed by atoms with E-state index in [4.69, 9.17) is 10.2 Å². The van der Waals surface area contributed by atoms with E-state index < -0.39 is 18.7 Å². The second-order valence-corrected chi connectivity index (χ2v) is 4.52. The minimum atomic E-state index is -4.21. The lowest BCUT2D eigenvalue weighted by molar-refractivity contribution is -0.385. The molecule has 0 aliphatic heterocycles. The highest BCUT2D eigenvalue weighted by Gasteiger charge is 2.25. The minimum absolute atomic E-state index is 0.0300. The highest BCUT2D eigenvalue weighted by Crippen LogP contribution is 2.45. The third-order valence-electron chi connectivity index (χ3n) is 1.69. The molecule has 0 bridgehead atoms. The summed E-state index contributed by atoms with van der Waals surface area (Å²) in [7, 11) is -4.21. The van der Waals surface area contributed by atoms with E-state index in [0.717, 1.165) is 0 Å². The van der Waals surface area contributed by atoms with Crippen LogP contribution in [0.15, 0.2) is 24.3 Å². The van der Waals surface area contributed by atoms with Gasteiger partial charge in [0.2, 0.25) is 0 Å². The Balaban J connectivity index is 3.05. The molecule has 0 fully saturated rings. The topological polar surface area (TPSA) is 110 Å². The smallest absolute Gasteiger partial charge is 0.323 e. The third kappa shape index (κ3) is 3.10. The SMILES string of the molecule is O=[N+]([O-])c1ccccc1CP(=O)(O)OO. The third-order valence-corrected chi connectivity index (χ3v) is 2.68. The molecule has 0 aliphatic carbocycles. The van der Waals surface area contributed by atoms with Gasteiger partial charge in [-0.05, 0) is 0 Å². The van der Waals surface area contributed by atoms with Crippen LogP contribution >= 0.6 is 7.60 Å². The van der Waals surface area contributed by atoms with E-state index in [1.54, 1.807) is 0 Å². The van der Waals surface area contributed by atoms with Gasteiger partial charge in [-0.3, -0.25) is 14.7 Å². The summed E-state index contributed by atoms with van der Waals surface area (Å²) in [6.45, 7) is 0. The molecule has 1 unspecified atom stereocenters. The molecule has 8 heteroatoms.